The molecule has 4 nitrogen and oxygen atoms in total. The van der Waals surface area contributed by atoms with Crippen LogP contribution in [0.3, 0.4) is 0 Å². The average molecular weight is 281 g/mol. The molecule has 0 unspecified atom stereocenters. The van der Waals surface area contributed by atoms with Crippen molar-refractivity contribution in [3.63, 3.8) is 0 Å². The second kappa shape index (κ2) is 6.82. The van der Waals surface area contributed by atoms with Crippen molar-refractivity contribution >= 4 is 23.0 Å². The molecule has 1 amide bonds. The first kappa shape index (κ1) is 14.2. The Labute approximate surface area is 117 Å². The van der Waals surface area contributed by atoms with E-state index >= 15 is 0 Å². The van der Waals surface area contributed by atoms with Crippen LogP contribution in [0.2, 0.25) is 0 Å². The van der Waals surface area contributed by atoms with Crippen molar-refractivity contribution in [1.29, 1.82) is 0 Å². The minimum atomic E-state index is -0.0380. The first-order valence-electron chi connectivity index (χ1n) is 6.63. The number of Topliss-reactive ketones (excluding diaryl/α,β-unsaturated/α-hetero) is 1. The van der Waals surface area contributed by atoms with E-state index in [-0.39, 0.29) is 36.7 Å². The van der Waals surface area contributed by atoms with Crippen LogP contribution < -0.4 is 5.32 Å². The van der Waals surface area contributed by atoms with E-state index in [1.807, 2.05) is 18.4 Å². The van der Waals surface area contributed by atoms with Crippen molar-refractivity contribution < 1.29 is 14.3 Å². The summed E-state index contributed by atoms with van der Waals surface area (Å²) in [6.45, 7) is 2.71. The highest BCUT2D eigenvalue weighted by atomic mass is 32.1. The minimum Gasteiger partial charge on any atom is -0.378 e. The number of thiophene rings is 1. The fraction of sp³-hybridized carbons (Fsp3) is 0.571. The van der Waals surface area contributed by atoms with Gasteiger partial charge in [0.2, 0.25) is 5.91 Å². The van der Waals surface area contributed by atoms with Crippen LogP contribution in [-0.4, -0.2) is 30.4 Å². The van der Waals surface area contributed by atoms with Gasteiger partial charge in [-0.25, -0.2) is 0 Å². The Bertz CT molecular complexity index is 430. The van der Waals surface area contributed by atoms with Gasteiger partial charge in [-0.3, -0.25) is 9.59 Å². The molecule has 1 aliphatic heterocycles. The lowest BCUT2D eigenvalue weighted by molar-refractivity contribution is -0.122. The summed E-state index contributed by atoms with van der Waals surface area (Å²) in [4.78, 5) is 24.3. The summed E-state index contributed by atoms with van der Waals surface area (Å²) in [5.41, 5.74) is 0. The molecule has 0 aliphatic carbocycles. The largest absolute Gasteiger partial charge is 0.378 e. The van der Waals surface area contributed by atoms with Crippen LogP contribution >= 0.6 is 11.3 Å². The van der Waals surface area contributed by atoms with Crippen LogP contribution in [0.25, 0.3) is 0 Å². The summed E-state index contributed by atoms with van der Waals surface area (Å²) in [7, 11) is 0. The third kappa shape index (κ3) is 4.44. The van der Waals surface area contributed by atoms with Gasteiger partial charge >= 0.3 is 0 Å². The topological polar surface area (TPSA) is 55.4 Å². The maximum absolute atomic E-state index is 11.8. The monoisotopic (exact) mass is 281 g/mol. The van der Waals surface area contributed by atoms with Gasteiger partial charge in [0.15, 0.2) is 5.78 Å². The van der Waals surface area contributed by atoms with Gasteiger partial charge < -0.3 is 10.1 Å². The highest BCUT2D eigenvalue weighted by Gasteiger charge is 2.21. The molecule has 1 fully saturated rings. The molecule has 5 heteroatoms. The molecule has 0 bridgehead atoms. The Kier molecular flexibility index (Phi) is 5.10. The first-order valence-corrected chi connectivity index (χ1v) is 7.51. The van der Waals surface area contributed by atoms with E-state index in [4.69, 9.17) is 4.74 Å². The lowest BCUT2D eigenvalue weighted by Crippen LogP contribution is -2.41. The number of carbonyl (C=O) groups excluding carboxylic acids is 2. The molecule has 2 rings (SSSR count). The van der Waals surface area contributed by atoms with Gasteiger partial charge in [-0.1, -0.05) is 6.07 Å². The number of nitrogens with one attached hydrogen (secondary N) is 1. The Morgan fingerprint density at radius 1 is 1.47 bits per heavy atom. The molecule has 1 N–H and O–H groups in total. The standard InChI is InChI=1S/C14H19NO3S/c1-10-9-11(6-7-18-10)15-14(17)5-4-12(16)13-3-2-8-19-13/h2-3,8,10-11H,4-7,9H2,1H3,(H,15,17)/t10-,11+/m1/s1. The molecule has 104 valence electrons. The Balaban J connectivity index is 1.71. The van der Waals surface area contributed by atoms with Crippen LogP contribution in [0.4, 0.5) is 0 Å². The van der Waals surface area contributed by atoms with Crippen molar-refractivity contribution in [2.75, 3.05) is 6.61 Å². The van der Waals surface area contributed by atoms with Crippen molar-refractivity contribution in [3.05, 3.63) is 22.4 Å². The van der Waals surface area contributed by atoms with Crippen molar-refractivity contribution in [2.24, 2.45) is 0 Å². The maximum atomic E-state index is 11.8. The van der Waals surface area contributed by atoms with Gasteiger partial charge in [0, 0.05) is 25.5 Å². The Morgan fingerprint density at radius 3 is 3.00 bits per heavy atom. The molecule has 2 atom stereocenters. The summed E-state index contributed by atoms with van der Waals surface area (Å²) < 4.78 is 5.43. The summed E-state index contributed by atoms with van der Waals surface area (Å²) in [5.74, 6) is 0.00880. The molecular formula is C14H19NO3S. The highest BCUT2D eigenvalue weighted by Crippen LogP contribution is 2.14. The van der Waals surface area contributed by atoms with Crippen molar-refractivity contribution in [1.82, 2.24) is 5.32 Å². The second-order valence-electron chi connectivity index (χ2n) is 4.87. The number of hydrogen-bond acceptors (Lipinski definition) is 4. The maximum Gasteiger partial charge on any atom is 0.220 e. The molecule has 0 aromatic carbocycles. The predicted molar refractivity (Wildman–Crippen MR) is 74.5 cm³/mol. The lowest BCUT2D eigenvalue weighted by atomic mass is 10.0. The first-order chi connectivity index (χ1) is 9.15. The van der Waals surface area contributed by atoms with Gasteiger partial charge in [-0.15, -0.1) is 11.3 Å². The minimum absolute atomic E-state index is 0.0380. The van der Waals surface area contributed by atoms with Crippen LogP contribution in [0.5, 0.6) is 0 Å². The summed E-state index contributed by atoms with van der Waals surface area (Å²) >= 11 is 1.42. The number of amides is 1. The van der Waals surface area contributed by atoms with Gasteiger partial charge in [0.05, 0.1) is 11.0 Å². The molecule has 19 heavy (non-hydrogen) atoms. The van der Waals surface area contributed by atoms with Crippen LogP contribution in [0.1, 0.15) is 42.3 Å². The fourth-order valence-electron chi connectivity index (χ4n) is 2.22. The predicted octanol–water partition coefficient (Wildman–Crippen LogP) is 2.39. The van der Waals surface area contributed by atoms with Crippen molar-refractivity contribution in [2.45, 2.75) is 44.8 Å². The molecular weight excluding hydrogens is 262 g/mol. The van der Waals surface area contributed by atoms with Gasteiger partial charge in [-0.05, 0) is 31.2 Å². The molecule has 2 heterocycles. The van der Waals surface area contributed by atoms with E-state index in [0.29, 0.717) is 6.61 Å². The van der Waals surface area contributed by atoms with E-state index in [1.165, 1.54) is 11.3 Å². The second-order valence-corrected chi connectivity index (χ2v) is 5.82. The summed E-state index contributed by atoms with van der Waals surface area (Å²) in [6.07, 6.45) is 2.46. The van der Waals surface area contributed by atoms with E-state index < -0.39 is 0 Å². The molecule has 1 saturated heterocycles. The van der Waals surface area contributed by atoms with Gasteiger partial charge in [0.25, 0.3) is 0 Å². The number of ether oxygens (including phenoxy) is 1. The third-order valence-electron chi connectivity index (χ3n) is 3.23. The smallest absolute Gasteiger partial charge is 0.220 e. The van der Waals surface area contributed by atoms with E-state index in [2.05, 4.69) is 5.32 Å². The molecule has 1 aliphatic rings. The zero-order valence-corrected chi connectivity index (χ0v) is 11.9. The molecule has 0 saturated carbocycles. The van der Waals surface area contributed by atoms with Gasteiger partial charge in [0.1, 0.15) is 0 Å². The van der Waals surface area contributed by atoms with Crippen LogP contribution in [0.15, 0.2) is 17.5 Å². The van der Waals surface area contributed by atoms with Crippen molar-refractivity contribution in [3.8, 4) is 0 Å². The van der Waals surface area contributed by atoms with Crippen LogP contribution in [-0.2, 0) is 9.53 Å². The number of carbonyl (C=O) groups is 2. The SMILES string of the molecule is C[C@@H]1C[C@@H](NC(=O)CCC(=O)c2cccs2)CCO1. The fourth-order valence-corrected chi connectivity index (χ4v) is 2.91. The number of hydrogen-bond donors (Lipinski definition) is 1. The van der Waals surface area contributed by atoms with Gasteiger partial charge in [-0.2, -0.15) is 0 Å². The summed E-state index contributed by atoms with van der Waals surface area (Å²) in [5, 5.41) is 4.85. The number of ketones is 1. The highest BCUT2D eigenvalue weighted by molar-refractivity contribution is 7.12. The quantitative estimate of drug-likeness (QED) is 0.843. The summed E-state index contributed by atoms with van der Waals surface area (Å²) in [6, 6.07) is 3.83. The molecule has 0 radical (unpaired) electrons. The zero-order chi connectivity index (χ0) is 13.7. The average Bonchev–Trinajstić information content (AvgIpc) is 2.90. The zero-order valence-electron chi connectivity index (χ0n) is 11.1. The molecule has 1 aromatic heterocycles. The molecule has 0 spiro atoms. The molecule has 1 aromatic rings. The normalized spacial score (nSPS) is 23.0. The Hall–Kier alpha value is -1.20. The Morgan fingerprint density at radius 2 is 2.32 bits per heavy atom. The number of rotatable bonds is 5. The lowest BCUT2D eigenvalue weighted by Gasteiger charge is -2.27. The van der Waals surface area contributed by atoms with E-state index in [9.17, 15) is 9.59 Å². The van der Waals surface area contributed by atoms with E-state index in [1.54, 1.807) is 6.07 Å². The third-order valence-corrected chi connectivity index (χ3v) is 4.14. The van der Waals surface area contributed by atoms with Crippen LogP contribution in [0, 0.1) is 0 Å². The van der Waals surface area contributed by atoms with E-state index in [0.717, 1.165) is 17.7 Å².